The molecular weight excluding hydrogens is 308 g/mol. The van der Waals surface area contributed by atoms with E-state index >= 15 is 0 Å². The van der Waals surface area contributed by atoms with E-state index in [0.29, 0.717) is 0 Å². The lowest BCUT2D eigenvalue weighted by molar-refractivity contribution is -1.91. The minimum Gasteiger partial charge on any atom is -0.182 e. The largest absolute Gasteiger partial charge is 0.182 e. The van der Waals surface area contributed by atoms with Crippen LogP contribution in [0.1, 0.15) is 17.4 Å². The molecule has 0 aliphatic carbocycles. The Morgan fingerprint density at radius 1 is 1.21 bits per heavy atom. The first kappa shape index (κ1) is 13.3. The van der Waals surface area contributed by atoms with Crippen molar-refractivity contribution in [3.05, 3.63) is 39.6 Å². The second kappa shape index (κ2) is 4.68. The van der Waals surface area contributed by atoms with Gasteiger partial charge in [-0.05, 0) is 19.1 Å². The van der Waals surface area contributed by atoms with Gasteiger partial charge in [-0.3, -0.25) is 0 Å². The highest BCUT2D eigenvalue weighted by atomic mass is 35.7. The molecular formula is C12H9ClO4S2. The predicted molar refractivity (Wildman–Crippen MR) is 69.3 cm³/mol. The number of hydrogen-bond donors (Lipinski definition) is 0. The molecule has 100 valence electrons. The summed E-state index contributed by atoms with van der Waals surface area (Å²) in [6.45, 7) is 1.76. The number of hydrogen-bond acceptors (Lipinski definition) is 5. The standard InChI is InChI=1S/C12H9ClO4S2/c1-8-6-12-10(7-19(8)17-13(14,15)16)9-4-2-3-5-11(9)18-12/h2-7H,1H3. The van der Waals surface area contributed by atoms with Gasteiger partial charge in [0.2, 0.25) is 0 Å². The van der Waals surface area contributed by atoms with Crippen LogP contribution in [0.25, 0.3) is 16.2 Å². The number of rotatable bonds is 2. The molecule has 3 rings (SSSR count). The number of allylic oxidation sites excluding steroid dienone is 1. The van der Waals surface area contributed by atoms with Crippen LogP contribution in [0.15, 0.2) is 29.2 Å². The molecule has 4 nitrogen and oxygen atoms in total. The molecule has 19 heavy (non-hydrogen) atoms. The summed E-state index contributed by atoms with van der Waals surface area (Å²) in [5.41, 5.74) is 0.938. The normalized spacial score (nSPS) is 18.9. The maximum atomic E-state index is 10.7. The van der Waals surface area contributed by atoms with Crippen LogP contribution in [0.2, 0.25) is 0 Å². The molecule has 1 aliphatic rings. The van der Waals surface area contributed by atoms with Gasteiger partial charge in [0.1, 0.15) is 14.5 Å². The second-order valence-corrected chi connectivity index (χ2v) is 7.81. The van der Waals surface area contributed by atoms with Gasteiger partial charge in [0, 0.05) is 30.8 Å². The maximum absolute atomic E-state index is 10.7. The van der Waals surface area contributed by atoms with Crippen LogP contribution < -0.4 is 14.0 Å². The molecule has 1 unspecified atom stereocenters. The number of fused-ring (bicyclic) bond motifs is 3. The topological polar surface area (TPSA) is 78.4 Å². The SMILES string of the molecule is CC1=Cc2sc3ccccc3c2C=S1O[Cl+3]([O-])([O-])[O-]. The van der Waals surface area contributed by atoms with E-state index in [0.717, 1.165) is 25.4 Å². The molecule has 2 heterocycles. The zero-order chi connectivity index (χ0) is 13.6. The summed E-state index contributed by atoms with van der Waals surface area (Å²) in [5.74, 6) is 0. The molecule has 1 aromatic carbocycles. The Morgan fingerprint density at radius 3 is 2.68 bits per heavy atom. The van der Waals surface area contributed by atoms with Crippen LogP contribution in [-0.2, 0) is 3.74 Å². The average molecular weight is 317 g/mol. The molecule has 1 aliphatic heterocycles. The molecule has 0 amide bonds. The first-order valence-electron chi connectivity index (χ1n) is 5.33. The van der Waals surface area contributed by atoms with Gasteiger partial charge in [0.25, 0.3) is 0 Å². The zero-order valence-corrected chi connectivity index (χ0v) is 12.2. The van der Waals surface area contributed by atoms with Gasteiger partial charge in [0.05, 0.1) is 10.2 Å². The molecule has 1 aromatic heterocycles. The Morgan fingerprint density at radius 2 is 1.95 bits per heavy atom. The summed E-state index contributed by atoms with van der Waals surface area (Å²) in [6, 6.07) is 7.87. The minimum absolute atomic E-state index is 0.728. The van der Waals surface area contributed by atoms with Crippen molar-refractivity contribution in [1.82, 2.24) is 0 Å². The lowest BCUT2D eigenvalue weighted by Crippen LogP contribution is -2.60. The summed E-state index contributed by atoms with van der Waals surface area (Å²) in [6.07, 6.45) is 1.88. The summed E-state index contributed by atoms with van der Waals surface area (Å²) < 4.78 is 37.8. The van der Waals surface area contributed by atoms with E-state index in [-0.39, 0.29) is 0 Å². The molecule has 1 atom stereocenters. The van der Waals surface area contributed by atoms with Crippen molar-refractivity contribution >= 4 is 43.6 Å². The van der Waals surface area contributed by atoms with Crippen molar-refractivity contribution in [3.63, 3.8) is 0 Å². The molecule has 0 bridgehead atoms. The van der Waals surface area contributed by atoms with Crippen molar-refractivity contribution in [3.8, 4) is 0 Å². The number of thiophene rings is 1. The molecule has 0 saturated heterocycles. The van der Waals surface area contributed by atoms with E-state index in [9.17, 15) is 14.0 Å². The Kier molecular flexibility index (Phi) is 3.26. The van der Waals surface area contributed by atoms with Gasteiger partial charge in [-0.25, -0.2) is 0 Å². The lowest BCUT2D eigenvalue weighted by atomic mass is 10.1. The van der Waals surface area contributed by atoms with Gasteiger partial charge >= 0.3 is 0 Å². The van der Waals surface area contributed by atoms with Gasteiger partial charge in [-0.15, -0.1) is 11.3 Å². The van der Waals surface area contributed by atoms with Crippen molar-refractivity contribution in [2.24, 2.45) is 0 Å². The van der Waals surface area contributed by atoms with Crippen molar-refractivity contribution in [2.75, 3.05) is 0 Å². The molecule has 0 fully saturated rings. The van der Waals surface area contributed by atoms with Crippen LogP contribution >= 0.6 is 22.1 Å². The summed E-state index contributed by atoms with van der Waals surface area (Å²) in [4.78, 5) is 1.79. The molecule has 0 spiro atoms. The van der Waals surface area contributed by atoms with E-state index < -0.39 is 21.0 Å². The molecule has 0 N–H and O–H groups in total. The smallest absolute Gasteiger partial charge is 0.140 e. The minimum atomic E-state index is -4.42. The number of benzene rings is 1. The lowest BCUT2D eigenvalue weighted by Gasteiger charge is -2.15. The quantitative estimate of drug-likeness (QED) is 0.757. The van der Waals surface area contributed by atoms with Crippen LogP contribution in [-0.4, -0.2) is 5.37 Å². The van der Waals surface area contributed by atoms with Gasteiger partial charge in [-0.1, -0.05) is 18.2 Å². The van der Waals surface area contributed by atoms with E-state index in [2.05, 4.69) is 3.74 Å². The molecule has 0 radical (unpaired) electrons. The highest BCUT2D eigenvalue weighted by Crippen LogP contribution is 2.41. The monoisotopic (exact) mass is 316 g/mol. The van der Waals surface area contributed by atoms with Crippen LogP contribution in [0.3, 0.4) is 0 Å². The van der Waals surface area contributed by atoms with Gasteiger partial charge in [-0.2, -0.15) is 14.0 Å². The van der Waals surface area contributed by atoms with Crippen LogP contribution in [0, 0.1) is 10.2 Å². The molecule has 2 aromatic rings. The summed E-state index contributed by atoms with van der Waals surface area (Å²) >= 11 is 1.63. The van der Waals surface area contributed by atoms with Crippen LogP contribution in [0.4, 0.5) is 0 Å². The molecule has 7 heteroatoms. The summed E-state index contributed by atoms with van der Waals surface area (Å²) in [5, 5.41) is 2.76. The third-order valence-electron chi connectivity index (χ3n) is 2.68. The first-order valence-corrected chi connectivity index (χ1v) is 8.59. The Balaban J connectivity index is 2.14. The van der Waals surface area contributed by atoms with E-state index in [1.165, 1.54) is 0 Å². The third-order valence-corrected chi connectivity index (χ3v) is 6.18. The Bertz CT molecular complexity index is 712. The van der Waals surface area contributed by atoms with Crippen molar-refractivity contribution < 1.29 is 28.0 Å². The predicted octanol–water partition coefficient (Wildman–Crippen LogP) is 0.524. The van der Waals surface area contributed by atoms with Crippen molar-refractivity contribution in [1.29, 1.82) is 0 Å². The highest BCUT2D eigenvalue weighted by molar-refractivity contribution is 8.14. The van der Waals surface area contributed by atoms with Gasteiger partial charge in [0.15, 0.2) is 0 Å². The Hall–Kier alpha value is -0.730. The molecule has 0 saturated carbocycles. The summed E-state index contributed by atoms with van der Waals surface area (Å²) in [7, 11) is -5.55. The highest BCUT2D eigenvalue weighted by Gasteiger charge is 2.26. The fourth-order valence-corrected chi connectivity index (χ4v) is 5.34. The van der Waals surface area contributed by atoms with Crippen molar-refractivity contribution in [2.45, 2.75) is 6.92 Å². The average Bonchev–Trinajstić information content (AvgIpc) is 2.65. The van der Waals surface area contributed by atoms with E-state index in [1.807, 2.05) is 30.3 Å². The second-order valence-electron chi connectivity index (χ2n) is 3.99. The zero-order valence-electron chi connectivity index (χ0n) is 9.79. The first-order chi connectivity index (χ1) is 8.94. The van der Waals surface area contributed by atoms with Crippen LogP contribution in [0.5, 0.6) is 0 Å². The Labute approximate surface area is 118 Å². The number of halogens is 1. The van der Waals surface area contributed by atoms with E-state index in [4.69, 9.17) is 0 Å². The fraction of sp³-hybridized carbons (Fsp3) is 0.0833. The maximum Gasteiger partial charge on any atom is 0.140 e. The fourth-order valence-electron chi connectivity index (χ4n) is 1.91. The third kappa shape index (κ3) is 2.61. The van der Waals surface area contributed by atoms with E-state index in [1.54, 1.807) is 23.6 Å². The van der Waals surface area contributed by atoms with Gasteiger partial charge < -0.3 is 0 Å².